The number of rotatable bonds is 10. The molecule has 4 nitrogen and oxygen atoms in total. The van der Waals surface area contributed by atoms with Crippen LogP contribution < -0.4 is 9.47 Å². The van der Waals surface area contributed by atoms with Crippen LogP contribution in [0.25, 0.3) is 0 Å². The van der Waals surface area contributed by atoms with E-state index in [-0.39, 0.29) is 12.0 Å². The predicted octanol–water partition coefficient (Wildman–Crippen LogP) is 3.83. The van der Waals surface area contributed by atoms with Crippen molar-refractivity contribution < 1.29 is 19.7 Å². The van der Waals surface area contributed by atoms with Crippen LogP contribution in [-0.4, -0.2) is 41.2 Å². The van der Waals surface area contributed by atoms with Gasteiger partial charge in [-0.2, -0.15) is 0 Å². The SMILES string of the molecule is CC(O)COc1ccc(C(C)(C)c2ccc(OCSCCO)cc2)cc1. The number of ether oxygens (including phenoxy) is 2. The van der Waals surface area contributed by atoms with E-state index in [1.807, 2.05) is 24.3 Å². The van der Waals surface area contributed by atoms with Crippen LogP contribution >= 0.6 is 11.8 Å². The first-order valence-corrected chi connectivity index (χ1v) is 9.92. The highest BCUT2D eigenvalue weighted by Gasteiger charge is 2.23. The van der Waals surface area contributed by atoms with Crippen LogP contribution in [-0.2, 0) is 5.41 Å². The molecule has 2 aromatic carbocycles. The summed E-state index contributed by atoms with van der Waals surface area (Å²) >= 11 is 1.56. The zero-order chi connectivity index (χ0) is 19.0. The van der Waals surface area contributed by atoms with Crippen LogP contribution in [0.4, 0.5) is 0 Å². The van der Waals surface area contributed by atoms with E-state index in [1.165, 1.54) is 11.1 Å². The van der Waals surface area contributed by atoms with Gasteiger partial charge < -0.3 is 19.7 Å². The maximum absolute atomic E-state index is 9.30. The molecule has 0 amide bonds. The minimum absolute atomic E-state index is 0.146. The summed E-state index contributed by atoms with van der Waals surface area (Å²) in [5, 5.41) is 18.1. The first-order chi connectivity index (χ1) is 12.4. The first kappa shape index (κ1) is 20.6. The Morgan fingerprint density at radius 1 is 0.923 bits per heavy atom. The second kappa shape index (κ2) is 9.86. The minimum Gasteiger partial charge on any atom is -0.491 e. The molecule has 0 fully saturated rings. The van der Waals surface area contributed by atoms with E-state index in [1.54, 1.807) is 18.7 Å². The normalized spacial score (nSPS) is 12.7. The van der Waals surface area contributed by atoms with Crippen molar-refractivity contribution in [1.29, 1.82) is 0 Å². The first-order valence-electron chi connectivity index (χ1n) is 8.77. The van der Waals surface area contributed by atoms with Gasteiger partial charge in [-0.1, -0.05) is 38.1 Å². The summed E-state index contributed by atoms with van der Waals surface area (Å²) in [5.74, 6) is 2.81. The Hall–Kier alpha value is -1.69. The molecule has 2 rings (SSSR count). The Morgan fingerprint density at radius 3 is 1.88 bits per heavy atom. The van der Waals surface area contributed by atoms with Crippen molar-refractivity contribution in [3.05, 3.63) is 59.7 Å². The lowest BCUT2D eigenvalue weighted by Gasteiger charge is -2.26. The molecule has 0 heterocycles. The van der Waals surface area contributed by atoms with Crippen molar-refractivity contribution >= 4 is 11.8 Å². The summed E-state index contributed by atoms with van der Waals surface area (Å²) in [6.45, 7) is 6.54. The average molecular weight is 377 g/mol. The van der Waals surface area contributed by atoms with Crippen molar-refractivity contribution in [3.8, 4) is 11.5 Å². The molecule has 0 aliphatic rings. The molecule has 0 spiro atoms. The fourth-order valence-corrected chi connectivity index (χ4v) is 3.02. The number of thioether (sulfide) groups is 1. The maximum atomic E-state index is 9.30. The minimum atomic E-state index is -0.478. The van der Waals surface area contributed by atoms with E-state index in [0.29, 0.717) is 18.3 Å². The van der Waals surface area contributed by atoms with Gasteiger partial charge >= 0.3 is 0 Å². The van der Waals surface area contributed by atoms with Crippen LogP contribution in [0.5, 0.6) is 11.5 Å². The third-order valence-electron chi connectivity index (χ3n) is 4.19. The smallest absolute Gasteiger partial charge is 0.134 e. The topological polar surface area (TPSA) is 58.9 Å². The molecule has 0 radical (unpaired) electrons. The van der Waals surface area contributed by atoms with Gasteiger partial charge in [-0.05, 0) is 42.3 Å². The molecule has 1 unspecified atom stereocenters. The van der Waals surface area contributed by atoms with Gasteiger partial charge in [0.15, 0.2) is 0 Å². The summed E-state index contributed by atoms with van der Waals surface area (Å²) < 4.78 is 11.2. The number of benzene rings is 2. The Morgan fingerprint density at radius 2 is 1.42 bits per heavy atom. The zero-order valence-electron chi connectivity index (χ0n) is 15.6. The molecule has 0 aliphatic heterocycles. The van der Waals surface area contributed by atoms with Crippen molar-refractivity contribution in [2.75, 3.05) is 24.9 Å². The number of aliphatic hydroxyl groups is 2. The second-order valence-corrected chi connectivity index (χ2v) is 7.78. The van der Waals surface area contributed by atoms with Gasteiger partial charge in [-0.25, -0.2) is 0 Å². The molecule has 2 aromatic rings. The van der Waals surface area contributed by atoms with E-state index in [9.17, 15) is 5.11 Å². The maximum Gasteiger partial charge on any atom is 0.134 e. The highest BCUT2D eigenvalue weighted by molar-refractivity contribution is 7.99. The molecule has 1 atom stereocenters. The molecule has 0 aromatic heterocycles. The fraction of sp³-hybridized carbons (Fsp3) is 0.429. The van der Waals surface area contributed by atoms with Crippen LogP contribution in [0, 0.1) is 0 Å². The van der Waals surface area contributed by atoms with Crippen LogP contribution in [0.15, 0.2) is 48.5 Å². The Balaban J connectivity index is 2.01. The molecule has 0 bridgehead atoms. The van der Waals surface area contributed by atoms with E-state index < -0.39 is 6.10 Å². The largest absolute Gasteiger partial charge is 0.491 e. The fourth-order valence-electron chi connectivity index (χ4n) is 2.55. The van der Waals surface area contributed by atoms with Crippen LogP contribution in [0.2, 0.25) is 0 Å². The summed E-state index contributed by atoms with van der Waals surface area (Å²) in [7, 11) is 0. The van der Waals surface area contributed by atoms with Gasteiger partial charge in [0.2, 0.25) is 0 Å². The van der Waals surface area contributed by atoms with Gasteiger partial charge in [0.25, 0.3) is 0 Å². The van der Waals surface area contributed by atoms with Gasteiger partial charge in [-0.15, -0.1) is 11.8 Å². The van der Waals surface area contributed by atoms with E-state index >= 15 is 0 Å². The molecule has 2 N–H and O–H groups in total. The third-order valence-corrected chi connectivity index (χ3v) is 4.94. The molecular formula is C21H28O4S. The summed E-state index contributed by atoms with van der Waals surface area (Å²) in [6.07, 6.45) is -0.478. The average Bonchev–Trinajstić information content (AvgIpc) is 2.64. The second-order valence-electron chi connectivity index (χ2n) is 6.73. The van der Waals surface area contributed by atoms with Gasteiger partial charge in [0, 0.05) is 11.2 Å². The third kappa shape index (κ3) is 5.94. The molecule has 26 heavy (non-hydrogen) atoms. The Bertz CT molecular complexity index is 651. The van der Waals surface area contributed by atoms with Gasteiger partial charge in [-0.3, -0.25) is 0 Å². The monoisotopic (exact) mass is 376 g/mol. The molecule has 0 aliphatic carbocycles. The summed E-state index contributed by atoms with van der Waals surface area (Å²) in [6, 6.07) is 16.1. The molecular weight excluding hydrogens is 348 g/mol. The molecule has 0 saturated carbocycles. The Kier molecular flexibility index (Phi) is 7.82. The summed E-state index contributed by atoms with van der Waals surface area (Å²) in [4.78, 5) is 0. The lowest BCUT2D eigenvalue weighted by molar-refractivity contribution is 0.122. The van der Waals surface area contributed by atoms with E-state index in [0.717, 1.165) is 11.5 Å². The lowest BCUT2D eigenvalue weighted by Crippen LogP contribution is -2.19. The van der Waals surface area contributed by atoms with E-state index in [4.69, 9.17) is 14.6 Å². The highest BCUT2D eigenvalue weighted by Crippen LogP contribution is 2.33. The van der Waals surface area contributed by atoms with Crippen molar-refractivity contribution in [3.63, 3.8) is 0 Å². The lowest BCUT2D eigenvalue weighted by atomic mass is 9.78. The van der Waals surface area contributed by atoms with Crippen LogP contribution in [0.3, 0.4) is 0 Å². The highest BCUT2D eigenvalue weighted by atomic mass is 32.2. The molecule has 5 heteroatoms. The Labute approximate surface area is 160 Å². The predicted molar refractivity (Wildman–Crippen MR) is 107 cm³/mol. The van der Waals surface area contributed by atoms with Crippen molar-refractivity contribution in [2.45, 2.75) is 32.3 Å². The molecule has 142 valence electrons. The van der Waals surface area contributed by atoms with Crippen molar-refractivity contribution in [1.82, 2.24) is 0 Å². The van der Waals surface area contributed by atoms with Gasteiger partial charge in [0.1, 0.15) is 24.0 Å². The van der Waals surface area contributed by atoms with Gasteiger partial charge in [0.05, 0.1) is 12.7 Å². The molecule has 0 saturated heterocycles. The summed E-state index contributed by atoms with van der Waals surface area (Å²) in [5.41, 5.74) is 2.24. The zero-order valence-corrected chi connectivity index (χ0v) is 16.5. The number of aliphatic hydroxyl groups excluding tert-OH is 2. The standard InChI is InChI=1S/C21H28O4S/c1-16(23)14-24-19-8-4-17(5-9-19)21(2,3)18-6-10-20(11-7-18)25-15-26-13-12-22/h4-11,16,22-23H,12-15H2,1-3H3. The quantitative estimate of drug-likeness (QED) is 0.487. The van der Waals surface area contributed by atoms with E-state index in [2.05, 4.69) is 38.1 Å². The van der Waals surface area contributed by atoms with Crippen molar-refractivity contribution in [2.24, 2.45) is 0 Å². The number of hydrogen-bond donors (Lipinski definition) is 2. The number of hydrogen-bond acceptors (Lipinski definition) is 5. The van der Waals surface area contributed by atoms with Crippen LogP contribution in [0.1, 0.15) is 31.9 Å².